The quantitative estimate of drug-likeness (QED) is 0.726. The number of nitrogens with one attached hydrogen (secondary N) is 1. The Labute approximate surface area is 159 Å². The fourth-order valence-electron chi connectivity index (χ4n) is 3.45. The van der Waals surface area contributed by atoms with Gasteiger partial charge in [-0.3, -0.25) is 9.78 Å². The Morgan fingerprint density at radius 2 is 1.93 bits per heavy atom. The number of carbonyl (C=O) groups excluding carboxylic acids is 1. The second-order valence-corrected chi connectivity index (χ2v) is 6.71. The average Bonchev–Trinajstić information content (AvgIpc) is 2.74. The van der Waals surface area contributed by atoms with Crippen molar-refractivity contribution >= 4 is 11.6 Å². The van der Waals surface area contributed by atoms with Crippen molar-refractivity contribution in [3.63, 3.8) is 0 Å². The van der Waals surface area contributed by atoms with Crippen LogP contribution in [-0.4, -0.2) is 35.4 Å². The summed E-state index contributed by atoms with van der Waals surface area (Å²) in [6.45, 7) is 4.40. The van der Waals surface area contributed by atoms with Gasteiger partial charge >= 0.3 is 0 Å². The minimum Gasteiger partial charge on any atom is -0.353 e. The summed E-state index contributed by atoms with van der Waals surface area (Å²) in [5.74, 6) is 0.752. The molecule has 1 atom stereocenters. The molecule has 27 heavy (non-hydrogen) atoms. The normalized spacial score (nSPS) is 16.9. The van der Waals surface area contributed by atoms with Gasteiger partial charge in [0.25, 0.3) is 0 Å². The summed E-state index contributed by atoms with van der Waals surface area (Å²) >= 11 is 0. The van der Waals surface area contributed by atoms with Crippen LogP contribution in [0.4, 0.5) is 5.82 Å². The molecule has 3 aromatic rings. The van der Waals surface area contributed by atoms with E-state index in [0.717, 1.165) is 31.1 Å². The van der Waals surface area contributed by atoms with Crippen molar-refractivity contribution in [3.05, 3.63) is 89.4 Å². The zero-order valence-electron chi connectivity index (χ0n) is 15.3. The van der Waals surface area contributed by atoms with Gasteiger partial charge in [-0.25, -0.2) is 4.98 Å². The number of pyridine rings is 2. The first-order valence-electron chi connectivity index (χ1n) is 9.19. The van der Waals surface area contributed by atoms with Crippen LogP contribution in [0.1, 0.15) is 33.4 Å². The average molecular weight is 358 g/mol. The van der Waals surface area contributed by atoms with Gasteiger partial charge in [-0.2, -0.15) is 0 Å². The van der Waals surface area contributed by atoms with Crippen LogP contribution in [0.2, 0.25) is 0 Å². The number of ketones is 1. The first kappa shape index (κ1) is 17.4. The molecule has 1 aromatic carbocycles. The second-order valence-electron chi connectivity index (χ2n) is 6.71. The molecule has 2 aromatic heterocycles. The summed E-state index contributed by atoms with van der Waals surface area (Å²) in [7, 11) is 0. The Morgan fingerprint density at radius 3 is 2.74 bits per heavy atom. The Hall–Kier alpha value is -3.05. The molecule has 0 amide bonds. The molecule has 1 aliphatic rings. The molecule has 1 N–H and O–H groups in total. The highest BCUT2D eigenvalue weighted by molar-refractivity contribution is 6.08. The van der Waals surface area contributed by atoms with Crippen molar-refractivity contribution in [1.29, 1.82) is 0 Å². The van der Waals surface area contributed by atoms with Crippen LogP contribution in [-0.2, 0) is 0 Å². The zero-order valence-corrected chi connectivity index (χ0v) is 15.3. The van der Waals surface area contributed by atoms with Crippen LogP contribution in [0.15, 0.2) is 66.9 Å². The molecule has 1 unspecified atom stereocenters. The molecule has 0 aliphatic carbocycles. The number of carbonyl (C=O) groups is 1. The van der Waals surface area contributed by atoms with E-state index in [0.29, 0.717) is 11.3 Å². The molecule has 5 nitrogen and oxygen atoms in total. The highest BCUT2D eigenvalue weighted by atomic mass is 16.1. The predicted molar refractivity (Wildman–Crippen MR) is 106 cm³/mol. The molecule has 0 radical (unpaired) electrons. The standard InChI is InChI=1S/C22H22N4O/c1-16-18(9-6-12-23-16)22(27)19-10-5-11-21(25-19)26-14-13-24-20(15-26)17-7-3-2-4-8-17/h2-12,20,24H,13-15H2,1H3. The third kappa shape index (κ3) is 3.73. The van der Waals surface area contributed by atoms with E-state index in [-0.39, 0.29) is 11.8 Å². The minimum absolute atomic E-state index is 0.0859. The van der Waals surface area contributed by atoms with Crippen molar-refractivity contribution in [2.75, 3.05) is 24.5 Å². The fourth-order valence-corrected chi connectivity index (χ4v) is 3.45. The van der Waals surface area contributed by atoms with E-state index in [2.05, 4.69) is 44.5 Å². The Bertz CT molecular complexity index is 942. The van der Waals surface area contributed by atoms with Gasteiger partial charge in [0.15, 0.2) is 0 Å². The number of aromatic nitrogens is 2. The van der Waals surface area contributed by atoms with Crippen molar-refractivity contribution in [2.24, 2.45) is 0 Å². The summed E-state index contributed by atoms with van der Waals surface area (Å²) in [5, 5.41) is 3.56. The number of piperazine rings is 1. The van der Waals surface area contributed by atoms with Gasteiger partial charge < -0.3 is 10.2 Å². The van der Waals surface area contributed by atoms with E-state index in [9.17, 15) is 4.79 Å². The fraction of sp³-hybridized carbons (Fsp3) is 0.227. The maximum Gasteiger partial charge on any atom is 0.213 e. The van der Waals surface area contributed by atoms with Crippen molar-refractivity contribution in [3.8, 4) is 0 Å². The maximum atomic E-state index is 12.9. The number of aryl methyl sites for hydroxylation is 1. The smallest absolute Gasteiger partial charge is 0.213 e. The molecular formula is C22H22N4O. The molecule has 4 rings (SSSR count). The molecule has 0 bridgehead atoms. The van der Waals surface area contributed by atoms with Gasteiger partial charge in [0, 0.05) is 43.1 Å². The molecule has 1 fully saturated rings. The highest BCUT2D eigenvalue weighted by Gasteiger charge is 2.22. The largest absolute Gasteiger partial charge is 0.353 e. The SMILES string of the molecule is Cc1ncccc1C(=O)c1cccc(N2CCNC(c3ccccc3)C2)n1. The number of rotatable bonds is 4. The Balaban J connectivity index is 1.57. The van der Waals surface area contributed by atoms with Crippen molar-refractivity contribution < 1.29 is 4.79 Å². The highest BCUT2D eigenvalue weighted by Crippen LogP contribution is 2.22. The summed E-state index contributed by atoms with van der Waals surface area (Å²) < 4.78 is 0. The molecule has 1 aliphatic heterocycles. The lowest BCUT2D eigenvalue weighted by Gasteiger charge is -2.35. The summed E-state index contributed by atoms with van der Waals surface area (Å²) in [5.41, 5.74) is 3.05. The monoisotopic (exact) mass is 358 g/mol. The zero-order chi connectivity index (χ0) is 18.6. The molecule has 136 valence electrons. The van der Waals surface area contributed by atoms with Gasteiger partial charge in [-0.1, -0.05) is 36.4 Å². The van der Waals surface area contributed by atoms with Crippen LogP contribution in [0.3, 0.4) is 0 Å². The predicted octanol–water partition coefficient (Wildman–Crippen LogP) is 3.17. The number of hydrogen-bond donors (Lipinski definition) is 1. The van der Waals surface area contributed by atoms with E-state index in [1.165, 1.54) is 5.56 Å². The number of nitrogens with zero attached hydrogens (tertiary/aromatic N) is 3. The van der Waals surface area contributed by atoms with Gasteiger partial charge in [-0.05, 0) is 36.8 Å². The third-order valence-electron chi connectivity index (χ3n) is 4.92. The first-order valence-corrected chi connectivity index (χ1v) is 9.19. The maximum absolute atomic E-state index is 12.9. The van der Waals surface area contributed by atoms with Gasteiger partial charge in [-0.15, -0.1) is 0 Å². The summed E-state index contributed by atoms with van der Waals surface area (Å²) in [6, 6.07) is 19.9. The second kappa shape index (κ2) is 7.68. The lowest BCUT2D eigenvalue weighted by atomic mass is 10.0. The Morgan fingerprint density at radius 1 is 1.07 bits per heavy atom. The van der Waals surface area contributed by atoms with E-state index in [1.54, 1.807) is 24.4 Å². The van der Waals surface area contributed by atoms with E-state index >= 15 is 0 Å². The lowest BCUT2D eigenvalue weighted by molar-refractivity contribution is 0.103. The summed E-state index contributed by atoms with van der Waals surface area (Å²) in [6.07, 6.45) is 1.69. The van der Waals surface area contributed by atoms with Gasteiger partial charge in [0.05, 0.1) is 0 Å². The third-order valence-corrected chi connectivity index (χ3v) is 4.92. The van der Waals surface area contributed by atoms with Crippen LogP contribution in [0.5, 0.6) is 0 Å². The first-order chi connectivity index (χ1) is 13.2. The van der Waals surface area contributed by atoms with E-state index in [1.807, 2.05) is 25.1 Å². The molecule has 3 heterocycles. The number of anilines is 1. The van der Waals surface area contributed by atoms with Gasteiger partial charge in [0.1, 0.15) is 11.5 Å². The topological polar surface area (TPSA) is 58.1 Å². The van der Waals surface area contributed by atoms with Crippen molar-refractivity contribution in [2.45, 2.75) is 13.0 Å². The Kier molecular flexibility index (Phi) is 4.94. The molecule has 0 spiro atoms. The minimum atomic E-state index is -0.0859. The molecule has 5 heteroatoms. The summed E-state index contributed by atoms with van der Waals surface area (Å²) in [4.78, 5) is 24.0. The molecule has 0 saturated carbocycles. The van der Waals surface area contributed by atoms with E-state index in [4.69, 9.17) is 0 Å². The number of hydrogen-bond acceptors (Lipinski definition) is 5. The molecular weight excluding hydrogens is 336 g/mol. The molecule has 1 saturated heterocycles. The van der Waals surface area contributed by atoms with Crippen LogP contribution in [0, 0.1) is 6.92 Å². The lowest BCUT2D eigenvalue weighted by Crippen LogP contribution is -2.46. The van der Waals surface area contributed by atoms with Crippen LogP contribution < -0.4 is 10.2 Å². The van der Waals surface area contributed by atoms with Crippen LogP contribution in [0.25, 0.3) is 0 Å². The van der Waals surface area contributed by atoms with Gasteiger partial charge in [0.2, 0.25) is 5.78 Å². The van der Waals surface area contributed by atoms with E-state index < -0.39 is 0 Å². The van der Waals surface area contributed by atoms with Crippen LogP contribution >= 0.6 is 0 Å². The number of benzene rings is 1. The van der Waals surface area contributed by atoms with Crippen molar-refractivity contribution in [1.82, 2.24) is 15.3 Å².